The number of hydrogen-bond acceptors (Lipinski definition) is 8. The summed E-state index contributed by atoms with van der Waals surface area (Å²) in [6.07, 6.45) is -5.73. The third-order valence-corrected chi connectivity index (χ3v) is 3.45. The van der Waals surface area contributed by atoms with Crippen molar-refractivity contribution >= 4 is 11.9 Å². The highest BCUT2D eigenvalue weighted by molar-refractivity contribution is 5.80. The van der Waals surface area contributed by atoms with Gasteiger partial charge in [-0.2, -0.15) is 0 Å². The van der Waals surface area contributed by atoms with Gasteiger partial charge in [0.1, 0.15) is 24.4 Å². The van der Waals surface area contributed by atoms with Crippen LogP contribution in [-0.4, -0.2) is 85.4 Å². The van der Waals surface area contributed by atoms with E-state index < -0.39 is 61.1 Å². The Labute approximate surface area is 125 Å². The second kappa shape index (κ2) is 7.31. The molecular formula is C12H21NO9. The molecule has 128 valence electrons. The highest BCUT2D eigenvalue weighted by atomic mass is 16.6. The van der Waals surface area contributed by atoms with Crippen molar-refractivity contribution in [1.82, 2.24) is 5.32 Å². The fourth-order valence-electron chi connectivity index (χ4n) is 2.30. The number of aliphatic carboxylic acids is 2. The number of carbonyl (C=O) groups is 2. The quantitative estimate of drug-likeness (QED) is 0.257. The SMILES string of the molecule is CC(C[C@@]1(O)OC[C@@H](O)[C@H](O)[C@H]1O)NC(CC(=O)O)C(=O)O. The number of ether oxygens (including phenoxy) is 1. The minimum atomic E-state index is -2.18. The van der Waals surface area contributed by atoms with Gasteiger partial charge in [0.15, 0.2) is 5.79 Å². The maximum Gasteiger partial charge on any atom is 0.321 e. The highest BCUT2D eigenvalue weighted by Gasteiger charge is 2.49. The molecule has 7 N–H and O–H groups in total. The molecule has 1 heterocycles. The summed E-state index contributed by atoms with van der Waals surface area (Å²) in [5, 5.41) is 58.9. The van der Waals surface area contributed by atoms with Crippen LogP contribution in [0.5, 0.6) is 0 Å². The summed E-state index contributed by atoms with van der Waals surface area (Å²) in [7, 11) is 0. The molecule has 1 saturated heterocycles. The average molecular weight is 323 g/mol. The normalized spacial score (nSPS) is 34.9. The minimum absolute atomic E-state index is 0.318. The molecule has 0 saturated carbocycles. The first kappa shape index (κ1) is 18.7. The predicted octanol–water partition coefficient (Wildman–Crippen LogP) is -2.92. The summed E-state index contributed by atoms with van der Waals surface area (Å²) in [6.45, 7) is 1.06. The summed E-state index contributed by atoms with van der Waals surface area (Å²) in [4.78, 5) is 21.6. The van der Waals surface area contributed by atoms with Crippen LogP contribution in [-0.2, 0) is 14.3 Å². The van der Waals surface area contributed by atoms with E-state index in [2.05, 4.69) is 5.32 Å². The van der Waals surface area contributed by atoms with Crippen molar-refractivity contribution in [1.29, 1.82) is 0 Å². The van der Waals surface area contributed by atoms with E-state index in [9.17, 15) is 30.0 Å². The van der Waals surface area contributed by atoms with E-state index in [1.54, 1.807) is 0 Å². The monoisotopic (exact) mass is 323 g/mol. The van der Waals surface area contributed by atoms with Crippen LogP contribution in [0.1, 0.15) is 19.8 Å². The van der Waals surface area contributed by atoms with Gasteiger partial charge < -0.3 is 40.7 Å². The number of carboxylic acid groups (broad SMARTS) is 2. The lowest BCUT2D eigenvalue weighted by molar-refractivity contribution is -0.325. The molecule has 1 fully saturated rings. The van der Waals surface area contributed by atoms with Crippen molar-refractivity contribution in [3.63, 3.8) is 0 Å². The molecule has 0 aromatic carbocycles. The van der Waals surface area contributed by atoms with E-state index >= 15 is 0 Å². The molecule has 0 radical (unpaired) electrons. The third-order valence-electron chi connectivity index (χ3n) is 3.45. The summed E-state index contributed by atoms with van der Waals surface area (Å²) in [6, 6.07) is -2.13. The van der Waals surface area contributed by atoms with Gasteiger partial charge in [0.2, 0.25) is 0 Å². The molecule has 0 spiro atoms. The lowest BCUT2D eigenvalue weighted by Crippen LogP contribution is -2.62. The minimum Gasteiger partial charge on any atom is -0.481 e. The first-order chi connectivity index (χ1) is 10.1. The van der Waals surface area contributed by atoms with Gasteiger partial charge in [0.05, 0.1) is 13.0 Å². The maximum atomic E-state index is 11.0. The molecular weight excluding hydrogens is 302 g/mol. The topological polar surface area (TPSA) is 177 Å². The fourth-order valence-corrected chi connectivity index (χ4v) is 2.30. The van der Waals surface area contributed by atoms with Crippen LogP contribution in [0.15, 0.2) is 0 Å². The van der Waals surface area contributed by atoms with Gasteiger partial charge in [0.25, 0.3) is 0 Å². The molecule has 10 heteroatoms. The van der Waals surface area contributed by atoms with Gasteiger partial charge in [0, 0.05) is 12.5 Å². The summed E-state index contributed by atoms with van der Waals surface area (Å²) >= 11 is 0. The van der Waals surface area contributed by atoms with Crippen molar-refractivity contribution in [2.24, 2.45) is 0 Å². The molecule has 6 atom stereocenters. The van der Waals surface area contributed by atoms with Crippen molar-refractivity contribution in [3.8, 4) is 0 Å². The molecule has 0 aliphatic carbocycles. The van der Waals surface area contributed by atoms with Gasteiger partial charge >= 0.3 is 11.9 Å². The Morgan fingerprint density at radius 2 is 1.91 bits per heavy atom. The second-order valence-electron chi connectivity index (χ2n) is 5.42. The van der Waals surface area contributed by atoms with Gasteiger partial charge in [-0.1, -0.05) is 0 Å². The van der Waals surface area contributed by atoms with E-state index in [1.165, 1.54) is 6.92 Å². The second-order valence-corrected chi connectivity index (χ2v) is 5.42. The average Bonchev–Trinajstić information content (AvgIpc) is 2.40. The zero-order valence-corrected chi connectivity index (χ0v) is 11.9. The van der Waals surface area contributed by atoms with Crippen LogP contribution in [0.2, 0.25) is 0 Å². The largest absolute Gasteiger partial charge is 0.481 e. The van der Waals surface area contributed by atoms with E-state index in [0.29, 0.717) is 0 Å². The zero-order valence-electron chi connectivity index (χ0n) is 11.9. The van der Waals surface area contributed by atoms with Crippen LogP contribution in [0.25, 0.3) is 0 Å². The van der Waals surface area contributed by atoms with Crippen molar-refractivity contribution < 1.29 is 45.0 Å². The van der Waals surface area contributed by atoms with Crippen LogP contribution < -0.4 is 5.32 Å². The van der Waals surface area contributed by atoms with Crippen LogP contribution in [0, 0.1) is 0 Å². The van der Waals surface area contributed by atoms with Gasteiger partial charge in [-0.25, -0.2) is 0 Å². The Morgan fingerprint density at radius 3 is 2.41 bits per heavy atom. The Hall–Kier alpha value is -1.30. The zero-order chi connectivity index (χ0) is 17.1. The number of aliphatic hydroxyl groups is 4. The number of hydrogen-bond donors (Lipinski definition) is 7. The molecule has 1 aliphatic rings. The van der Waals surface area contributed by atoms with Crippen molar-refractivity contribution in [2.75, 3.05) is 6.61 Å². The Morgan fingerprint density at radius 1 is 1.32 bits per heavy atom. The smallest absolute Gasteiger partial charge is 0.321 e. The van der Waals surface area contributed by atoms with Crippen molar-refractivity contribution in [3.05, 3.63) is 0 Å². The molecule has 0 aromatic rings. The van der Waals surface area contributed by atoms with E-state index in [1.807, 2.05) is 0 Å². The summed E-state index contributed by atoms with van der Waals surface area (Å²) in [5.74, 6) is -4.86. The van der Waals surface area contributed by atoms with Crippen LogP contribution in [0.4, 0.5) is 0 Å². The molecule has 10 nitrogen and oxygen atoms in total. The first-order valence-corrected chi connectivity index (χ1v) is 6.68. The third kappa shape index (κ3) is 4.60. The van der Waals surface area contributed by atoms with E-state index in [4.69, 9.17) is 14.9 Å². The summed E-state index contributed by atoms with van der Waals surface area (Å²) < 4.78 is 4.95. The van der Waals surface area contributed by atoms with E-state index in [0.717, 1.165) is 0 Å². The number of nitrogens with one attached hydrogen (secondary N) is 1. The Bertz CT molecular complexity index is 417. The van der Waals surface area contributed by atoms with Crippen LogP contribution in [0.3, 0.4) is 0 Å². The first-order valence-electron chi connectivity index (χ1n) is 6.68. The highest BCUT2D eigenvalue weighted by Crippen LogP contribution is 2.28. The van der Waals surface area contributed by atoms with Crippen molar-refractivity contribution in [2.45, 2.75) is 55.9 Å². The molecule has 2 unspecified atom stereocenters. The number of carboxylic acids is 2. The van der Waals surface area contributed by atoms with Gasteiger partial charge in [-0.3, -0.25) is 9.59 Å². The lowest BCUT2D eigenvalue weighted by atomic mass is 9.92. The Kier molecular flexibility index (Phi) is 6.23. The van der Waals surface area contributed by atoms with Gasteiger partial charge in [-0.05, 0) is 6.92 Å². The number of aliphatic hydroxyl groups excluding tert-OH is 3. The molecule has 1 rings (SSSR count). The predicted molar refractivity (Wildman–Crippen MR) is 69.8 cm³/mol. The Balaban J connectivity index is 2.68. The number of rotatable bonds is 7. The molecule has 22 heavy (non-hydrogen) atoms. The van der Waals surface area contributed by atoms with E-state index in [-0.39, 0.29) is 6.42 Å². The molecule has 1 aliphatic heterocycles. The maximum absolute atomic E-state index is 11.0. The van der Waals surface area contributed by atoms with Gasteiger partial charge in [-0.15, -0.1) is 0 Å². The fraction of sp³-hybridized carbons (Fsp3) is 0.833. The molecule has 0 bridgehead atoms. The molecule has 0 amide bonds. The van der Waals surface area contributed by atoms with Crippen LogP contribution >= 0.6 is 0 Å². The standard InChI is InChI=1S/C12H21NO9/c1-5(13-6(11(19)20)2-8(15)16)3-12(21)10(18)9(17)7(14)4-22-12/h5-7,9-10,13-14,17-18,21H,2-4H2,1H3,(H,15,16)(H,19,20)/t5?,6?,7-,9+,10-,12-/m1/s1. The lowest BCUT2D eigenvalue weighted by Gasteiger charge is -2.43. The summed E-state index contributed by atoms with van der Waals surface area (Å²) in [5.41, 5.74) is 0. The molecule has 0 aromatic heterocycles.